The van der Waals surface area contributed by atoms with Gasteiger partial charge in [-0.3, -0.25) is 0 Å². The fourth-order valence-electron chi connectivity index (χ4n) is 38.0. The maximum absolute atomic E-state index is 11.1. The third-order valence-corrected chi connectivity index (χ3v) is 45.6. The minimum Gasteiger partial charge on any atom is -0.396 e. The molecule has 33 atom stereocenters. The van der Waals surface area contributed by atoms with E-state index in [9.17, 15) is 10.2 Å². The summed E-state index contributed by atoms with van der Waals surface area (Å²) in [6.07, 6.45) is 45.9. The van der Waals surface area contributed by atoms with Crippen molar-refractivity contribution in [1.82, 2.24) is 10.6 Å². The Balaban J connectivity index is 0.000000135. The summed E-state index contributed by atoms with van der Waals surface area (Å²) in [5.41, 5.74) is 12.9. The molecule has 15 fully saturated rings. The molecule has 4 heteroatoms. The molecule has 113 heavy (non-hydrogen) atoms. The molecule has 0 aliphatic heterocycles. The van der Waals surface area contributed by atoms with E-state index in [-0.39, 0.29) is 23.5 Å². The van der Waals surface area contributed by atoms with Crippen LogP contribution in [0.4, 0.5) is 0 Å². The second-order valence-electron chi connectivity index (χ2n) is 48.2. The Bertz CT molecular complexity index is 3610. The quantitative estimate of drug-likeness (QED) is 0.134. The van der Waals surface area contributed by atoms with Crippen molar-refractivity contribution >= 4 is 0 Å². The van der Waals surface area contributed by atoms with Crippen LogP contribution in [-0.4, -0.2) is 36.0 Å². The Hall–Kier alpha value is -2.76. The third kappa shape index (κ3) is 12.4. The molecule has 0 bridgehead atoms. The van der Waals surface area contributed by atoms with Crippen molar-refractivity contribution in [2.75, 3.05) is 19.7 Å². The highest BCUT2D eigenvalue weighted by Gasteiger charge is 2.75. The zero-order chi connectivity index (χ0) is 81.1. The normalized spacial score (nSPS) is 52.2. The fourth-order valence-corrected chi connectivity index (χ4v) is 38.0. The molecule has 0 heterocycles. The molecule has 4 nitrogen and oxygen atoms in total. The lowest BCUT2D eigenvalue weighted by Crippen LogP contribution is -2.67. The summed E-state index contributed by atoms with van der Waals surface area (Å²) in [5, 5.41) is 29.6. The number of nitrogens with one attached hydrogen (secondary N) is 2. The molecule has 0 radical (unpaired) electrons. The van der Waals surface area contributed by atoms with Crippen LogP contribution >= 0.6 is 0 Å². The first-order valence-electron chi connectivity index (χ1n) is 48.7. The van der Waals surface area contributed by atoms with Crippen LogP contribution in [-0.2, 0) is 13.1 Å². The molecule has 0 spiro atoms. The molecule has 0 saturated heterocycles. The second-order valence-corrected chi connectivity index (χ2v) is 48.2. The van der Waals surface area contributed by atoms with Gasteiger partial charge in [-0.25, -0.2) is 0 Å². The highest BCUT2D eigenvalue weighted by atomic mass is 16.3. The first-order valence-corrected chi connectivity index (χ1v) is 48.7. The van der Waals surface area contributed by atoms with Gasteiger partial charge in [-0.2, -0.15) is 0 Å². The predicted molar refractivity (Wildman–Crippen MR) is 478 cm³/mol. The van der Waals surface area contributed by atoms with E-state index in [4.69, 9.17) is 0 Å². The zero-order valence-electron chi connectivity index (χ0n) is 76.6. The Morgan fingerprint density at radius 1 is 0.381 bits per heavy atom. The van der Waals surface area contributed by atoms with E-state index in [0.29, 0.717) is 94.1 Å². The van der Waals surface area contributed by atoms with Gasteiger partial charge in [0, 0.05) is 31.6 Å². The lowest BCUT2D eigenvalue weighted by atomic mass is 9.31. The van der Waals surface area contributed by atoms with Crippen molar-refractivity contribution in [3.05, 3.63) is 121 Å². The number of aliphatic hydroxyl groups is 2. The van der Waals surface area contributed by atoms with Gasteiger partial charge >= 0.3 is 0 Å². The maximum Gasteiger partial charge on any atom is 0.0618 e. The molecule has 17 rings (SSSR count). The second kappa shape index (κ2) is 30.1. The standard InChI is InChI=1S/C39H61N.C37H57NO2.C33H54/c1-9-35(5)28(4)17-20-36(6)32(35)19-21-38(8)33(36)16-15-31-34-30(27(2)3)18-22-39(34,24-23-37(31,38)7)26-40-25-29-13-11-10-12-14-29;1-25(2)27-14-19-37(23-38-22-26-10-8-7-9-11-26)21-20-35(5)28(32(27)37)12-13-30-33(3)17-16-31(40)34(4,24-39)29(33)15-18-36(30,35)6;1-10-29(6)23(5)14-17-30(7)26(29)16-18-32(9)27(30)13-12-25-28-24(22(3)4)15-19-33(28,11-2)21-20-31(25,32)8/h10-14,28,30-34,40H,2,9,15-26H2,1,3-8H3;7-11,27-32,38-40H,1,12-24H2,2-6H3;11,23-28H,2-3,10,12-21H2,1,4-9H3/t28-,30-,31?,32-,33?,34?,35+,36-,37+,38+,39+;27-,28?,29+,30?,31-,32?,33-,34-,35+,36+,37+;23-,24-,25?,26-,27?,28?,29+,30-,31+,32+,33+/m000/s1. The summed E-state index contributed by atoms with van der Waals surface area (Å²) < 4.78 is 0. The minimum atomic E-state index is -0.375. The van der Waals surface area contributed by atoms with E-state index in [2.05, 4.69) is 235 Å². The summed E-state index contributed by atoms with van der Waals surface area (Å²) in [6.45, 7) is 72.0. The number of benzene rings is 2. The molecular formula is C109H172N2O2. The van der Waals surface area contributed by atoms with Crippen LogP contribution in [0.5, 0.6) is 0 Å². The minimum absolute atomic E-state index is 0.110. The van der Waals surface area contributed by atoms with Crippen molar-refractivity contribution in [1.29, 1.82) is 0 Å². The summed E-state index contributed by atoms with van der Waals surface area (Å²) in [5.74, 6) is 13.4. The van der Waals surface area contributed by atoms with Gasteiger partial charge in [0.25, 0.3) is 0 Å². The molecule has 0 aromatic heterocycles. The van der Waals surface area contributed by atoms with Gasteiger partial charge in [0.1, 0.15) is 0 Å². The van der Waals surface area contributed by atoms with Gasteiger partial charge in [0.2, 0.25) is 0 Å². The first kappa shape index (κ1) is 85.2. The molecule has 4 N–H and O–H groups in total. The molecule has 2 aromatic carbocycles. The van der Waals surface area contributed by atoms with Crippen molar-refractivity contribution < 1.29 is 10.2 Å². The lowest BCUT2D eigenvalue weighted by Gasteiger charge is -2.73. The first-order chi connectivity index (χ1) is 53.3. The van der Waals surface area contributed by atoms with Gasteiger partial charge < -0.3 is 20.8 Å². The average Bonchev–Trinajstić information content (AvgIpc) is 0.877. The molecule has 15 aliphatic rings. The summed E-state index contributed by atoms with van der Waals surface area (Å²) >= 11 is 0. The lowest BCUT2D eigenvalue weighted by molar-refractivity contribution is -0.253. The molecule has 0 amide bonds. The van der Waals surface area contributed by atoms with Crippen LogP contribution in [0.1, 0.15) is 348 Å². The molecule has 630 valence electrons. The van der Waals surface area contributed by atoms with E-state index < -0.39 is 0 Å². The van der Waals surface area contributed by atoms with Crippen molar-refractivity contribution in [3.63, 3.8) is 0 Å². The van der Waals surface area contributed by atoms with E-state index in [1.165, 1.54) is 221 Å². The summed E-state index contributed by atoms with van der Waals surface area (Å²) in [6, 6.07) is 22.0. The van der Waals surface area contributed by atoms with Crippen LogP contribution in [0.2, 0.25) is 0 Å². The van der Waals surface area contributed by atoms with Gasteiger partial charge in [-0.05, 0) is 401 Å². The highest BCUT2D eigenvalue weighted by molar-refractivity contribution is 5.29. The van der Waals surface area contributed by atoms with Crippen molar-refractivity contribution in [2.45, 2.75) is 356 Å². The summed E-state index contributed by atoms with van der Waals surface area (Å²) in [4.78, 5) is 0. The largest absolute Gasteiger partial charge is 0.396 e. The van der Waals surface area contributed by atoms with Gasteiger partial charge in [-0.15, -0.1) is 6.58 Å². The van der Waals surface area contributed by atoms with Crippen LogP contribution in [0, 0.1) is 182 Å². The Morgan fingerprint density at radius 3 is 1.09 bits per heavy atom. The van der Waals surface area contributed by atoms with Gasteiger partial charge in [-0.1, -0.05) is 227 Å². The van der Waals surface area contributed by atoms with E-state index in [0.717, 1.165) is 116 Å². The molecule has 15 aliphatic carbocycles. The number of hydrogen-bond donors (Lipinski definition) is 4. The monoisotopic (exact) mass is 1540 g/mol. The highest BCUT2D eigenvalue weighted by Crippen LogP contribution is 2.83. The van der Waals surface area contributed by atoms with Crippen LogP contribution < -0.4 is 10.6 Å². The van der Waals surface area contributed by atoms with Gasteiger partial charge in [0.05, 0.1) is 12.7 Å². The maximum atomic E-state index is 11.1. The van der Waals surface area contributed by atoms with E-state index in [1.807, 2.05) is 0 Å². The zero-order valence-corrected chi connectivity index (χ0v) is 76.6. The number of rotatable bonds is 15. The number of hydrogen-bond acceptors (Lipinski definition) is 4. The summed E-state index contributed by atoms with van der Waals surface area (Å²) in [7, 11) is 0. The van der Waals surface area contributed by atoms with Crippen LogP contribution in [0.15, 0.2) is 110 Å². The van der Waals surface area contributed by atoms with Gasteiger partial charge in [0.15, 0.2) is 0 Å². The Kier molecular flexibility index (Phi) is 22.7. The number of allylic oxidation sites excluding steroid dienone is 4. The molecule has 9 unspecified atom stereocenters. The van der Waals surface area contributed by atoms with Crippen molar-refractivity contribution in [2.24, 2.45) is 182 Å². The topological polar surface area (TPSA) is 64.5 Å². The smallest absolute Gasteiger partial charge is 0.0618 e. The fraction of sp³-hybridized carbons (Fsp3) is 0.817. The van der Waals surface area contributed by atoms with E-state index >= 15 is 0 Å². The molecular weight excluding hydrogens is 1370 g/mol. The number of fused-ring (bicyclic) bond motifs is 21. The average molecular weight is 1540 g/mol. The molecule has 15 saturated carbocycles. The molecule has 2 aromatic rings. The number of aliphatic hydroxyl groups excluding tert-OH is 2. The van der Waals surface area contributed by atoms with E-state index in [1.54, 1.807) is 0 Å². The Labute approximate surface area is 695 Å². The third-order valence-electron chi connectivity index (χ3n) is 45.6. The SMILES string of the molecule is C=C(C)[C@@H]1CC[C@]2(CNCc3ccccc3)CC[C@]3(C)C(CCC4[C@@]5(C)CC[C@H](C)[C@@](C)(CC)[C@@H]5CC[C@]43C)C12.C=C(C)[C@@H]1CC[C@]2(CNCc3ccccc3)CC[C@]3(C)C(CCC4[C@@]5(C)CC[C@H](O)[C@@](C)(CO)[C@@H]5CC[C@]43C)C12.C=C[C@]12CC[C@@H](C(=C)C)C1C1CCC3[C@@]4(C)CC[C@H](C)[C@@](C)(CC)[C@@H]4CC[C@@]3(C)[C@]1(C)CC2. The predicted octanol–water partition coefficient (Wildman–Crippen LogP) is 28.1. The van der Waals surface area contributed by atoms with Crippen molar-refractivity contribution in [3.8, 4) is 0 Å². The Morgan fingerprint density at radius 2 is 0.726 bits per heavy atom. The van der Waals surface area contributed by atoms with Crippen LogP contribution in [0.25, 0.3) is 0 Å². The van der Waals surface area contributed by atoms with Crippen LogP contribution in [0.3, 0.4) is 0 Å².